The smallest absolute Gasteiger partial charge is 0.189 e. The molecule has 0 aliphatic heterocycles. The minimum absolute atomic E-state index is 0.0415. The van der Waals surface area contributed by atoms with Crippen molar-refractivity contribution in [3.63, 3.8) is 0 Å². The lowest BCUT2D eigenvalue weighted by Gasteiger charge is -2.16. The third-order valence-corrected chi connectivity index (χ3v) is 2.70. The second kappa shape index (κ2) is 4.24. The molecular formula is C14H16O3. The van der Waals surface area contributed by atoms with Crippen molar-refractivity contribution in [3.05, 3.63) is 28.8 Å². The average molecular weight is 232 g/mol. The van der Waals surface area contributed by atoms with Gasteiger partial charge in [0.1, 0.15) is 0 Å². The first-order valence-corrected chi connectivity index (χ1v) is 5.65. The van der Waals surface area contributed by atoms with Gasteiger partial charge in [-0.25, -0.2) is 0 Å². The van der Waals surface area contributed by atoms with Crippen molar-refractivity contribution >= 4 is 11.9 Å². The minimum atomic E-state index is 0.0415. The molecule has 3 heteroatoms. The molecule has 0 bridgehead atoms. The minimum Gasteiger partial charge on any atom is -0.493 e. The summed E-state index contributed by atoms with van der Waals surface area (Å²) in [4.78, 5) is 11.9. The monoisotopic (exact) mass is 232 g/mol. The summed E-state index contributed by atoms with van der Waals surface area (Å²) < 4.78 is 11.0. The molecule has 0 N–H and O–H groups in total. The first kappa shape index (κ1) is 11.7. The third-order valence-electron chi connectivity index (χ3n) is 2.70. The Balaban J connectivity index is 2.58. The molecule has 0 amide bonds. The Labute approximate surface area is 101 Å². The van der Waals surface area contributed by atoms with Crippen LogP contribution in [0.2, 0.25) is 0 Å². The molecule has 0 heterocycles. The van der Waals surface area contributed by atoms with E-state index in [-0.39, 0.29) is 11.9 Å². The Morgan fingerprint density at radius 2 is 1.94 bits per heavy atom. The molecule has 0 atom stereocenters. The van der Waals surface area contributed by atoms with Crippen molar-refractivity contribution < 1.29 is 14.3 Å². The highest BCUT2D eigenvalue weighted by molar-refractivity contribution is 6.18. The molecule has 0 fully saturated rings. The molecule has 3 nitrogen and oxygen atoms in total. The second-order valence-electron chi connectivity index (χ2n) is 4.38. The van der Waals surface area contributed by atoms with E-state index in [9.17, 15) is 4.79 Å². The standard InChI is InChI=1S/C14H16O3/c1-8(2)17-14-11-7-9(3)13(15)10(11)5-6-12(14)16-4/h5-8H,1-4H3. The molecule has 0 saturated heterocycles. The van der Waals surface area contributed by atoms with E-state index >= 15 is 0 Å². The Morgan fingerprint density at radius 1 is 1.24 bits per heavy atom. The van der Waals surface area contributed by atoms with Crippen LogP contribution < -0.4 is 9.47 Å². The maximum absolute atomic E-state index is 11.9. The lowest BCUT2D eigenvalue weighted by molar-refractivity contribution is 0.103. The van der Waals surface area contributed by atoms with Crippen molar-refractivity contribution in [1.29, 1.82) is 0 Å². The molecule has 0 spiro atoms. The van der Waals surface area contributed by atoms with Crippen molar-refractivity contribution in [1.82, 2.24) is 0 Å². The fraction of sp³-hybridized carbons (Fsp3) is 0.357. The van der Waals surface area contributed by atoms with E-state index in [1.165, 1.54) is 0 Å². The van der Waals surface area contributed by atoms with E-state index < -0.39 is 0 Å². The van der Waals surface area contributed by atoms with E-state index in [4.69, 9.17) is 9.47 Å². The Bertz CT molecular complexity index is 498. The molecule has 1 aliphatic carbocycles. The predicted octanol–water partition coefficient (Wildman–Crippen LogP) is 3.08. The van der Waals surface area contributed by atoms with Gasteiger partial charge >= 0.3 is 0 Å². The van der Waals surface area contributed by atoms with E-state index in [0.717, 1.165) is 11.1 Å². The Morgan fingerprint density at radius 3 is 2.53 bits per heavy atom. The summed E-state index contributed by atoms with van der Waals surface area (Å²) >= 11 is 0. The van der Waals surface area contributed by atoms with Crippen LogP contribution in [0.1, 0.15) is 36.7 Å². The largest absolute Gasteiger partial charge is 0.493 e. The number of hydrogen-bond acceptors (Lipinski definition) is 3. The van der Waals surface area contributed by atoms with Crippen LogP contribution in [0.3, 0.4) is 0 Å². The van der Waals surface area contributed by atoms with Crippen LogP contribution in [0, 0.1) is 0 Å². The lowest BCUT2D eigenvalue weighted by atomic mass is 10.1. The molecule has 1 aromatic carbocycles. The quantitative estimate of drug-likeness (QED) is 0.803. The fourth-order valence-electron chi connectivity index (χ4n) is 1.93. The number of hydrogen-bond donors (Lipinski definition) is 0. The number of rotatable bonds is 3. The van der Waals surface area contributed by atoms with Crippen LogP contribution in [0.25, 0.3) is 6.08 Å². The summed E-state index contributed by atoms with van der Waals surface area (Å²) in [7, 11) is 1.60. The van der Waals surface area contributed by atoms with Crippen LogP contribution in [0.5, 0.6) is 11.5 Å². The van der Waals surface area contributed by atoms with Crippen LogP contribution in [0.15, 0.2) is 17.7 Å². The molecule has 2 rings (SSSR count). The van der Waals surface area contributed by atoms with Gasteiger partial charge in [0.25, 0.3) is 0 Å². The summed E-state index contributed by atoms with van der Waals surface area (Å²) in [5, 5.41) is 0. The molecule has 17 heavy (non-hydrogen) atoms. The highest BCUT2D eigenvalue weighted by Crippen LogP contribution is 2.39. The third kappa shape index (κ3) is 1.93. The number of ketones is 1. The average Bonchev–Trinajstić information content (AvgIpc) is 2.56. The highest BCUT2D eigenvalue weighted by Gasteiger charge is 2.25. The zero-order valence-corrected chi connectivity index (χ0v) is 10.5. The van der Waals surface area contributed by atoms with E-state index in [1.807, 2.05) is 26.8 Å². The number of fused-ring (bicyclic) bond motifs is 1. The topological polar surface area (TPSA) is 35.5 Å². The van der Waals surface area contributed by atoms with Gasteiger partial charge in [-0.15, -0.1) is 0 Å². The molecule has 1 aromatic rings. The molecular weight excluding hydrogens is 216 g/mol. The number of carbonyl (C=O) groups excluding carboxylic acids is 1. The lowest BCUT2D eigenvalue weighted by Crippen LogP contribution is -2.09. The number of methoxy groups -OCH3 is 1. The van der Waals surface area contributed by atoms with Crippen LogP contribution in [-0.4, -0.2) is 19.0 Å². The van der Waals surface area contributed by atoms with Gasteiger partial charge in [-0.05, 0) is 44.6 Å². The first-order valence-electron chi connectivity index (χ1n) is 5.65. The summed E-state index contributed by atoms with van der Waals surface area (Å²) in [5.41, 5.74) is 2.27. The van der Waals surface area contributed by atoms with Gasteiger partial charge in [0.05, 0.1) is 13.2 Å². The number of carbonyl (C=O) groups is 1. The first-order chi connectivity index (χ1) is 8.04. The van der Waals surface area contributed by atoms with Gasteiger partial charge in [-0.3, -0.25) is 4.79 Å². The van der Waals surface area contributed by atoms with Gasteiger partial charge in [-0.1, -0.05) is 0 Å². The molecule has 0 saturated carbocycles. The van der Waals surface area contributed by atoms with Crippen molar-refractivity contribution in [2.24, 2.45) is 0 Å². The normalized spacial score (nSPS) is 13.7. The summed E-state index contributed by atoms with van der Waals surface area (Å²) in [6, 6.07) is 3.57. The maximum atomic E-state index is 11.9. The molecule has 0 unspecified atom stereocenters. The second-order valence-corrected chi connectivity index (χ2v) is 4.38. The van der Waals surface area contributed by atoms with Gasteiger partial charge in [-0.2, -0.15) is 0 Å². The summed E-state index contributed by atoms with van der Waals surface area (Å²) in [6.07, 6.45) is 1.90. The number of Topliss-reactive ketones (excluding diaryl/α,β-unsaturated/α-hetero) is 1. The Kier molecular flexibility index (Phi) is 2.92. The Hall–Kier alpha value is -1.77. The van der Waals surface area contributed by atoms with Crippen molar-refractivity contribution in [2.45, 2.75) is 26.9 Å². The van der Waals surface area contributed by atoms with Gasteiger partial charge < -0.3 is 9.47 Å². The van der Waals surface area contributed by atoms with Crippen LogP contribution >= 0.6 is 0 Å². The highest BCUT2D eigenvalue weighted by atomic mass is 16.5. The summed E-state index contributed by atoms with van der Waals surface area (Å²) in [6.45, 7) is 5.71. The van der Waals surface area contributed by atoms with Gasteiger partial charge in [0, 0.05) is 11.1 Å². The SMILES string of the molecule is COc1ccc2c(c1OC(C)C)C=C(C)C2=O. The molecule has 0 aromatic heterocycles. The van der Waals surface area contributed by atoms with E-state index in [1.54, 1.807) is 19.2 Å². The molecule has 90 valence electrons. The number of ether oxygens (including phenoxy) is 2. The van der Waals surface area contributed by atoms with Crippen molar-refractivity contribution in [3.8, 4) is 11.5 Å². The zero-order valence-electron chi connectivity index (χ0n) is 10.5. The number of allylic oxidation sites excluding steroid dienone is 1. The zero-order chi connectivity index (χ0) is 12.6. The van der Waals surface area contributed by atoms with Gasteiger partial charge in [0.2, 0.25) is 0 Å². The van der Waals surface area contributed by atoms with Crippen LogP contribution in [-0.2, 0) is 0 Å². The maximum Gasteiger partial charge on any atom is 0.189 e. The van der Waals surface area contributed by atoms with Crippen molar-refractivity contribution in [2.75, 3.05) is 7.11 Å². The fourth-order valence-corrected chi connectivity index (χ4v) is 1.93. The molecule has 1 aliphatic rings. The predicted molar refractivity (Wildman–Crippen MR) is 66.7 cm³/mol. The van der Waals surface area contributed by atoms with Gasteiger partial charge in [0.15, 0.2) is 17.3 Å². The number of benzene rings is 1. The van der Waals surface area contributed by atoms with E-state index in [2.05, 4.69) is 0 Å². The molecule has 0 radical (unpaired) electrons. The summed E-state index contributed by atoms with van der Waals surface area (Å²) in [5.74, 6) is 1.39. The van der Waals surface area contributed by atoms with E-state index in [0.29, 0.717) is 17.1 Å². The van der Waals surface area contributed by atoms with Crippen LogP contribution in [0.4, 0.5) is 0 Å².